The van der Waals surface area contributed by atoms with Crippen molar-refractivity contribution in [1.82, 2.24) is 4.98 Å². The number of H-pyrrole nitrogens is 1. The first kappa shape index (κ1) is 12.2. The number of carbonyl (C=O) groups excluding carboxylic acids is 1. The van der Waals surface area contributed by atoms with Gasteiger partial charge < -0.3 is 15.5 Å². The van der Waals surface area contributed by atoms with Crippen molar-refractivity contribution in [2.45, 2.75) is 6.92 Å². The number of nitrogens with two attached hydrogens (primary N) is 1. The van der Waals surface area contributed by atoms with Gasteiger partial charge >= 0.3 is 5.97 Å². The Labute approximate surface area is 104 Å². The summed E-state index contributed by atoms with van der Waals surface area (Å²) in [6, 6.07) is 5.88. The molecule has 1 aromatic heterocycles. The van der Waals surface area contributed by atoms with Gasteiger partial charge in [0.1, 0.15) is 11.5 Å². The fourth-order valence-electron chi connectivity index (χ4n) is 1.67. The highest BCUT2D eigenvalue weighted by atomic mass is 19.1. The molecule has 0 unspecified atom stereocenters. The number of aromatic nitrogens is 1. The zero-order valence-electron chi connectivity index (χ0n) is 9.87. The van der Waals surface area contributed by atoms with Gasteiger partial charge in [-0.15, -0.1) is 0 Å². The van der Waals surface area contributed by atoms with E-state index in [-0.39, 0.29) is 18.1 Å². The summed E-state index contributed by atoms with van der Waals surface area (Å²) >= 11 is 0. The smallest absolute Gasteiger partial charge is 0.356 e. The van der Waals surface area contributed by atoms with E-state index < -0.39 is 5.97 Å². The zero-order chi connectivity index (χ0) is 13.1. The van der Waals surface area contributed by atoms with Crippen molar-refractivity contribution in [3.63, 3.8) is 0 Å². The molecular formula is C13H13FN2O2. The van der Waals surface area contributed by atoms with Crippen molar-refractivity contribution in [1.29, 1.82) is 0 Å². The van der Waals surface area contributed by atoms with Gasteiger partial charge in [0.05, 0.1) is 12.3 Å². The average molecular weight is 248 g/mol. The van der Waals surface area contributed by atoms with Crippen LogP contribution in [0.4, 0.5) is 10.1 Å². The first-order chi connectivity index (χ1) is 8.63. The fourth-order valence-corrected chi connectivity index (χ4v) is 1.67. The molecule has 4 nitrogen and oxygen atoms in total. The number of carbonyl (C=O) groups is 1. The number of rotatable bonds is 3. The summed E-state index contributed by atoms with van der Waals surface area (Å²) < 4.78 is 17.7. The quantitative estimate of drug-likeness (QED) is 0.820. The van der Waals surface area contributed by atoms with E-state index in [9.17, 15) is 9.18 Å². The minimum atomic E-state index is -0.497. The maximum Gasteiger partial charge on any atom is 0.356 e. The summed E-state index contributed by atoms with van der Waals surface area (Å²) in [6.07, 6.45) is 1.61. The molecule has 18 heavy (non-hydrogen) atoms. The third kappa shape index (κ3) is 2.20. The number of nitrogen functional groups attached to an aromatic ring is 1. The highest BCUT2D eigenvalue weighted by molar-refractivity contribution is 5.98. The Balaban J connectivity index is 2.36. The van der Waals surface area contributed by atoms with Gasteiger partial charge in [0.15, 0.2) is 0 Å². The molecule has 0 saturated carbocycles. The molecule has 1 aromatic carbocycles. The second-order valence-electron chi connectivity index (χ2n) is 3.72. The van der Waals surface area contributed by atoms with Crippen LogP contribution in [-0.4, -0.2) is 17.6 Å². The van der Waals surface area contributed by atoms with E-state index in [4.69, 9.17) is 10.5 Å². The third-order valence-corrected chi connectivity index (χ3v) is 2.56. The summed E-state index contributed by atoms with van der Waals surface area (Å²) in [5.74, 6) is -0.818. The van der Waals surface area contributed by atoms with E-state index in [1.807, 2.05) is 0 Å². The Hall–Kier alpha value is -2.30. The molecule has 0 aliphatic rings. The van der Waals surface area contributed by atoms with E-state index in [1.54, 1.807) is 25.3 Å². The molecule has 2 aromatic rings. The number of nitrogens with one attached hydrogen (secondary N) is 1. The Morgan fingerprint density at radius 1 is 1.39 bits per heavy atom. The van der Waals surface area contributed by atoms with Gasteiger partial charge in [0, 0.05) is 11.8 Å². The summed E-state index contributed by atoms with van der Waals surface area (Å²) in [5.41, 5.74) is 7.79. The van der Waals surface area contributed by atoms with Crippen LogP contribution in [0.25, 0.3) is 11.1 Å². The second kappa shape index (κ2) is 4.91. The summed E-state index contributed by atoms with van der Waals surface area (Å²) in [4.78, 5) is 14.3. The Kier molecular flexibility index (Phi) is 3.32. The van der Waals surface area contributed by atoms with Crippen LogP contribution in [-0.2, 0) is 4.74 Å². The monoisotopic (exact) mass is 248 g/mol. The van der Waals surface area contributed by atoms with Crippen molar-refractivity contribution in [3.8, 4) is 11.1 Å². The summed E-state index contributed by atoms with van der Waals surface area (Å²) in [7, 11) is 0. The topological polar surface area (TPSA) is 68.1 Å². The van der Waals surface area contributed by atoms with Crippen molar-refractivity contribution < 1.29 is 13.9 Å². The number of anilines is 1. The number of aromatic amines is 1. The lowest BCUT2D eigenvalue weighted by Crippen LogP contribution is -2.07. The number of hydrogen-bond acceptors (Lipinski definition) is 3. The molecule has 2 rings (SSSR count). The lowest BCUT2D eigenvalue weighted by atomic mass is 10.1. The predicted octanol–water partition coefficient (Wildman–Crippen LogP) is 2.58. The van der Waals surface area contributed by atoms with Crippen LogP contribution in [0, 0.1) is 5.82 Å². The first-order valence-corrected chi connectivity index (χ1v) is 5.53. The molecule has 0 saturated heterocycles. The summed E-state index contributed by atoms with van der Waals surface area (Å²) in [5, 5.41) is 0. The molecular weight excluding hydrogens is 235 g/mol. The standard InChI is InChI=1S/C13H13FN2O2/c1-2-18-13(17)12-11(15)10(7-16-12)8-3-5-9(14)6-4-8/h3-7,16H,2,15H2,1H3. The minimum absolute atomic E-state index is 0.219. The Morgan fingerprint density at radius 3 is 2.67 bits per heavy atom. The summed E-state index contributed by atoms with van der Waals surface area (Å²) in [6.45, 7) is 2.00. The van der Waals surface area contributed by atoms with Crippen LogP contribution < -0.4 is 5.73 Å². The number of benzene rings is 1. The normalized spacial score (nSPS) is 10.3. The Bertz CT molecular complexity index is 561. The largest absolute Gasteiger partial charge is 0.461 e. The Morgan fingerprint density at radius 2 is 2.06 bits per heavy atom. The average Bonchev–Trinajstić information content (AvgIpc) is 2.73. The molecule has 3 N–H and O–H groups in total. The van der Waals surface area contributed by atoms with Crippen molar-refractivity contribution in [2.24, 2.45) is 0 Å². The van der Waals surface area contributed by atoms with Crippen LogP contribution in [0.15, 0.2) is 30.5 Å². The number of hydrogen-bond donors (Lipinski definition) is 2. The van der Waals surface area contributed by atoms with Crippen LogP contribution in [0.3, 0.4) is 0 Å². The second-order valence-corrected chi connectivity index (χ2v) is 3.72. The molecule has 0 atom stereocenters. The van der Waals surface area contributed by atoms with Crippen LogP contribution in [0.5, 0.6) is 0 Å². The highest BCUT2D eigenvalue weighted by Crippen LogP contribution is 2.29. The molecule has 5 heteroatoms. The lowest BCUT2D eigenvalue weighted by molar-refractivity contribution is 0.0521. The van der Waals surface area contributed by atoms with E-state index >= 15 is 0 Å². The van der Waals surface area contributed by atoms with Gasteiger partial charge in [-0.1, -0.05) is 12.1 Å². The predicted molar refractivity (Wildman–Crippen MR) is 66.6 cm³/mol. The van der Waals surface area contributed by atoms with Gasteiger partial charge in [0.25, 0.3) is 0 Å². The molecule has 1 heterocycles. The van der Waals surface area contributed by atoms with Gasteiger partial charge in [-0.3, -0.25) is 0 Å². The zero-order valence-corrected chi connectivity index (χ0v) is 9.87. The molecule has 0 bridgehead atoms. The number of ether oxygens (including phenoxy) is 1. The minimum Gasteiger partial charge on any atom is -0.461 e. The molecule has 0 aliphatic carbocycles. The molecule has 0 spiro atoms. The van der Waals surface area contributed by atoms with E-state index in [1.165, 1.54) is 12.1 Å². The maximum absolute atomic E-state index is 12.8. The maximum atomic E-state index is 12.8. The lowest BCUT2D eigenvalue weighted by Gasteiger charge is -2.02. The number of esters is 1. The SMILES string of the molecule is CCOC(=O)c1[nH]cc(-c2ccc(F)cc2)c1N. The molecule has 0 fully saturated rings. The third-order valence-electron chi connectivity index (χ3n) is 2.56. The molecule has 0 radical (unpaired) electrons. The van der Waals surface area contributed by atoms with Gasteiger partial charge in [-0.2, -0.15) is 0 Å². The van der Waals surface area contributed by atoms with Crippen LogP contribution in [0.2, 0.25) is 0 Å². The van der Waals surface area contributed by atoms with Gasteiger partial charge in [-0.05, 0) is 24.6 Å². The molecule has 94 valence electrons. The fraction of sp³-hybridized carbons (Fsp3) is 0.154. The highest BCUT2D eigenvalue weighted by Gasteiger charge is 2.16. The van der Waals surface area contributed by atoms with Crippen molar-refractivity contribution in [2.75, 3.05) is 12.3 Å². The molecule has 0 aliphatic heterocycles. The van der Waals surface area contributed by atoms with E-state index in [0.717, 1.165) is 5.56 Å². The van der Waals surface area contributed by atoms with Crippen molar-refractivity contribution in [3.05, 3.63) is 42.0 Å². The molecule has 0 amide bonds. The van der Waals surface area contributed by atoms with E-state index in [0.29, 0.717) is 11.3 Å². The first-order valence-electron chi connectivity index (χ1n) is 5.53. The van der Waals surface area contributed by atoms with Crippen LogP contribution in [0.1, 0.15) is 17.4 Å². The van der Waals surface area contributed by atoms with Crippen LogP contribution >= 0.6 is 0 Å². The van der Waals surface area contributed by atoms with E-state index in [2.05, 4.69) is 4.98 Å². The van der Waals surface area contributed by atoms with Crippen molar-refractivity contribution >= 4 is 11.7 Å². The van der Waals surface area contributed by atoms with Gasteiger partial charge in [0.2, 0.25) is 0 Å². The number of halogens is 1. The van der Waals surface area contributed by atoms with Gasteiger partial charge in [-0.25, -0.2) is 9.18 Å².